The Hall–Kier alpha value is -2.04. The number of benzene rings is 1. The number of carbonyl (C=O) groups excluding carboxylic acids is 2. The number of carbonyl (C=O) groups is 2. The van der Waals surface area contributed by atoms with Gasteiger partial charge in [-0.15, -0.1) is 0 Å². The minimum absolute atomic E-state index is 0.263. The molecule has 5 heteroatoms. The lowest BCUT2D eigenvalue weighted by molar-refractivity contribution is -0.0470. The summed E-state index contributed by atoms with van der Waals surface area (Å²) in [5.74, 6) is -0.263. The van der Waals surface area contributed by atoms with Gasteiger partial charge in [0.15, 0.2) is 0 Å². The van der Waals surface area contributed by atoms with Crippen LogP contribution in [0.4, 0.5) is 4.79 Å². The normalized spacial score (nSPS) is 19.8. The number of ether oxygens (including phenoxy) is 2. The highest BCUT2D eigenvalue weighted by molar-refractivity contribution is 5.94. The zero-order valence-electron chi connectivity index (χ0n) is 13.2. The molecule has 0 bridgehead atoms. The van der Waals surface area contributed by atoms with Crippen LogP contribution in [0.1, 0.15) is 49.5 Å². The van der Waals surface area contributed by atoms with Crippen LogP contribution in [0.25, 0.3) is 0 Å². The van der Waals surface area contributed by atoms with Crippen LogP contribution in [0.15, 0.2) is 24.3 Å². The summed E-state index contributed by atoms with van der Waals surface area (Å²) in [4.78, 5) is 25.8. The van der Waals surface area contributed by atoms with Gasteiger partial charge in [0.05, 0.1) is 5.56 Å². The number of hydrogen-bond acceptors (Lipinski definition) is 4. The van der Waals surface area contributed by atoms with Crippen molar-refractivity contribution < 1.29 is 19.1 Å². The van der Waals surface area contributed by atoms with Crippen LogP contribution in [-0.4, -0.2) is 35.7 Å². The third-order valence-electron chi connectivity index (χ3n) is 4.15. The SMILES string of the molecule is CC(C)(C)OC(=O)N1CCC2(CC1)OC(=O)c1ccccc12. The quantitative estimate of drug-likeness (QED) is 0.691. The van der Waals surface area contributed by atoms with Gasteiger partial charge in [-0.3, -0.25) is 0 Å². The van der Waals surface area contributed by atoms with Gasteiger partial charge < -0.3 is 14.4 Å². The van der Waals surface area contributed by atoms with Gasteiger partial charge in [-0.2, -0.15) is 0 Å². The third kappa shape index (κ3) is 2.56. The first kappa shape index (κ1) is 14.9. The Labute approximate surface area is 130 Å². The number of hydrogen-bond donors (Lipinski definition) is 0. The molecule has 1 amide bonds. The van der Waals surface area contributed by atoms with E-state index in [0.717, 1.165) is 5.56 Å². The Kier molecular flexibility index (Phi) is 3.38. The first-order valence-corrected chi connectivity index (χ1v) is 7.62. The molecule has 5 nitrogen and oxygen atoms in total. The monoisotopic (exact) mass is 303 g/mol. The first-order valence-electron chi connectivity index (χ1n) is 7.62. The van der Waals surface area contributed by atoms with Gasteiger partial charge in [0.2, 0.25) is 0 Å². The summed E-state index contributed by atoms with van der Waals surface area (Å²) >= 11 is 0. The van der Waals surface area contributed by atoms with E-state index in [2.05, 4.69) is 0 Å². The second kappa shape index (κ2) is 5.00. The number of fused-ring (bicyclic) bond motifs is 2. The molecule has 2 aliphatic rings. The fourth-order valence-electron chi connectivity index (χ4n) is 3.09. The Morgan fingerprint density at radius 1 is 1.23 bits per heavy atom. The summed E-state index contributed by atoms with van der Waals surface area (Å²) in [6.07, 6.45) is 0.907. The van der Waals surface area contributed by atoms with Crippen molar-refractivity contribution in [3.8, 4) is 0 Å². The molecule has 3 rings (SSSR count). The number of nitrogens with zero attached hydrogens (tertiary/aromatic N) is 1. The smallest absolute Gasteiger partial charge is 0.410 e. The first-order chi connectivity index (χ1) is 10.3. The standard InChI is InChI=1S/C17H21NO4/c1-16(2,3)22-15(20)18-10-8-17(9-11-18)13-7-5-4-6-12(13)14(19)21-17/h4-7H,8-11H2,1-3H3. The minimum atomic E-state index is -0.577. The topological polar surface area (TPSA) is 55.8 Å². The lowest BCUT2D eigenvalue weighted by Crippen LogP contribution is -2.47. The highest BCUT2D eigenvalue weighted by Crippen LogP contribution is 2.44. The fourth-order valence-corrected chi connectivity index (χ4v) is 3.09. The van der Waals surface area contributed by atoms with Crippen LogP contribution in [0, 0.1) is 0 Å². The van der Waals surface area contributed by atoms with Crippen LogP contribution >= 0.6 is 0 Å². The van der Waals surface area contributed by atoms with E-state index in [1.54, 1.807) is 11.0 Å². The molecule has 1 fully saturated rings. The van der Waals surface area contributed by atoms with E-state index in [0.29, 0.717) is 31.5 Å². The highest BCUT2D eigenvalue weighted by Gasteiger charge is 2.48. The molecule has 2 aliphatic heterocycles. The van der Waals surface area contributed by atoms with Crippen LogP contribution < -0.4 is 0 Å². The lowest BCUT2D eigenvalue weighted by Gasteiger charge is -2.38. The van der Waals surface area contributed by atoms with Crippen molar-refractivity contribution in [3.05, 3.63) is 35.4 Å². The molecule has 1 saturated heterocycles. The van der Waals surface area contributed by atoms with Crippen LogP contribution in [0.5, 0.6) is 0 Å². The molecule has 0 saturated carbocycles. The molecule has 1 aromatic rings. The molecular weight excluding hydrogens is 282 g/mol. The van der Waals surface area contributed by atoms with Gasteiger partial charge >= 0.3 is 12.1 Å². The summed E-state index contributed by atoms with van der Waals surface area (Å²) in [6, 6.07) is 7.51. The largest absolute Gasteiger partial charge is 0.450 e. The van der Waals surface area contributed by atoms with Crippen molar-refractivity contribution in [1.82, 2.24) is 4.90 Å². The maximum absolute atomic E-state index is 12.1. The maximum atomic E-state index is 12.1. The summed E-state index contributed by atoms with van der Waals surface area (Å²) < 4.78 is 11.1. The number of rotatable bonds is 0. The van der Waals surface area contributed by atoms with E-state index in [4.69, 9.17) is 9.47 Å². The van der Waals surface area contributed by atoms with Gasteiger partial charge in [-0.1, -0.05) is 18.2 Å². The van der Waals surface area contributed by atoms with Crippen LogP contribution in [0.2, 0.25) is 0 Å². The molecular formula is C17H21NO4. The molecule has 2 heterocycles. The zero-order valence-corrected chi connectivity index (χ0v) is 13.2. The summed E-state index contributed by atoms with van der Waals surface area (Å²) in [5.41, 5.74) is 0.516. The number of piperidine rings is 1. The van der Waals surface area contributed by atoms with E-state index in [1.807, 2.05) is 39.0 Å². The Morgan fingerprint density at radius 2 is 1.86 bits per heavy atom. The maximum Gasteiger partial charge on any atom is 0.410 e. The van der Waals surface area contributed by atoms with Crippen molar-refractivity contribution in [1.29, 1.82) is 0 Å². The predicted octanol–water partition coefficient (Wildman–Crippen LogP) is 3.08. The van der Waals surface area contributed by atoms with Crippen molar-refractivity contribution in [2.75, 3.05) is 13.1 Å². The molecule has 0 unspecified atom stereocenters. The Balaban J connectivity index is 1.73. The summed E-state index contributed by atoms with van der Waals surface area (Å²) in [7, 11) is 0. The van der Waals surface area contributed by atoms with Crippen molar-refractivity contribution in [3.63, 3.8) is 0 Å². The molecule has 0 aromatic heterocycles. The number of amides is 1. The van der Waals surface area contributed by atoms with Crippen LogP contribution in [-0.2, 0) is 15.1 Å². The second-order valence-electron chi connectivity index (χ2n) is 6.90. The van der Waals surface area contributed by atoms with Gasteiger partial charge in [-0.25, -0.2) is 9.59 Å². The lowest BCUT2D eigenvalue weighted by atomic mass is 9.84. The van der Waals surface area contributed by atoms with Crippen molar-refractivity contribution in [2.24, 2.45) is 0 Å². The minimum Gasteiger partial charge on any atom is -0.450 e. The summed E-state index contributed by atoms with van der Waals surface area (Å²) in [6.45, 7) is 6.61. The molecule has 22 heavy (non-hydrogen) atoms. The molecule has 0 N–H and O–H groups in total. The number of esters is 1. The molecule has 0 radical (unpaired) electrons. The molecule has 1 spiro atoms. The van der Waals surface area contributed by atoms with Crippen molar-refractivity contribution in [2.45, 2.75) is 44.8 Å². The average molecular weight is 303 g/mol. The highest BCUT2D eigenvalue weighted by atomic mass is 16.6. The fraction of sp³-hybridized carbons (Fsp3) is 0.529. The molecule has 0 aliphatic carbocycles. The van der Waals surface area contributed by atoms with E-state index in [9.17, 15) is 9.59 Å². The molecule has 0 atom stereocenters. The van der Waals surface area contributed by atoms with Crippen molar-refractivity contribution >= 4 is 12.1 Å². The van der Waals surface area contributed by atoms with Gasteiger partial charge in [0.1, 0.15) is 11.2 Å². The van der Waals surface area contributed by atoms with E-state index < -0.39 is 11.2 Å². The average Bonchev–Trinajstić information content (AvgIpc) is 2.71. The Bertz CT molecular complexity index is 609. The van der Waals surface area contributed by atoms with E-state index >= 15 is 0 Å². The van der Waals surface area contributed by atoms with Gasteiger partial charge in [0.25, 0.3) is 0 Å². The van der Waals surface area contributed by atoms with E-state index in [-0.39, 0.29) is 12.1 Å². The molecule has 118 valence electrons. The Morgan fingerprint density at radius 3 is 2.50 bits per heavy atom. The number of likely N-dealkylation sites (tertiary alicyclic amines) is 1. The van der Waals surface area contributed by atoms with E-state index in [1.165, 1.54) is 0 Å². The second-order valence-corrected chi connectivity index (χ2v) is 6.90. The summed E-state index contributed by atoms with van der Waals surface area (Å²) in [5, 5.41) is 0. The van der Waals surface area contributed by atoms with Gasteiger partial charge in [-0.05, 0) is 26.8 Å². The zero-order chi connectivity index (χ0) is 16.0. The molecule has 1 aromatic carbocycles. The van der Waals surface area contributed by atoms with Crippen LogP contribution in [0.3, 0.4) is 0 Å². The predicted molar refractivity (Wildman–Crippen MR) is 80.6 cm³/mol. The third-order valence-corrected chi connectivity index (χ3v) is 4.15. The van der Waals surface area contributed by atoms with Gasteiger partial charge in [0, 0.05) is 31.5 Å².